The van der Waals surface area contributed by atoms with Gasteiger partial charge in [-0.15, -0.1) is 0 Å². The van der Waals surface area contributed by atoms with Crippen LogP contribution in [0.4, 0.5) is 10.1 Å². The van der Waals surface area contributed by atoms with Gasteiger partial charge in [0, 0.05) is 25.3 Å². The number of amides is 1. The summed E-state index contributed by atoms with van der Waals surface area (Å²) in [5.74, 6) is -0.392. The molecule has 1 aliphatic rings. The van der Waals surface area contributed by atoms with Crippen molar-refractivity contribution in [3.8, 4) is 0 Å². The van der Waals surface area contributed by atoms with E-state index in [1.165, 1.54) is 37.1 Å². The topological polar surface area (TPSA) is 35.6 Å². The number of halogens is 1. The molecule has 1 amide bonds. The number of rotatable bonds is 6. The molecule has 0 radical (unpaired) electrons. The molecule has 2 aromatic rings. The summed E-state index contributed by atoms with van der Waals surface area (Å²) in [6.45, 7) is 2.72. The molecular weight excluding hydrogens is 341 g/mol. The van der Waals surface area contributed by atoms with Gasteiger partial charge in [0.05, 0.1) is 0 Å². The third-order valence-electron chi connectivity index (χ3n) is 5.07. The van der Waals surface area contributed by atoms with Crippen LogP contribution in [0.5, 0.6) is 0 Å². The molecule has 0 unspecified atom stereocenters. The van der Waals surface area contributed by atoms with Crippen LogP contribution in [-0.4, -0.2) is 38.0 Å². The molecule has 1 atom stereocenters. The van der Waals surface area contributed by atoms with E-state index in [1.54, 1.807) is 12.1 Å². The Labute approximate surface area is 161 Å². The van der Waals surface area contributed by atoms with Crippen molar-refractivity contribution in [3.05, 3.63) is 65.5 Å². The van der Waals surface area contributed by atoms with Crippen LogP contribution in [0.3, 0.4) is 0 Å². The van der Waals surface area contributed by atoms with E-state index < -0.39 is 6.04 Å². The minimum atomic E-state index is -0.446. The zero-order chi connectivity index (χ0) is 19.2. The van der Waals surface area contributed by atoms with Gasteiger partial charge in [-0.05, 0) is 68.8 Å². The lowest BCUT2D eigenvalue weighted by Gasteiger charge is -2.29. The number of piperidine rings is 1. The van der Waals surface area contributed by atoms with Gasteiger partial charge in [-0.3, -0.25) is 9.69 Å². The van der Waals surface area contributed by atoms with Crippen LogP contribution in [0, 0.1) is 5.82 Å². The molecule has 144 valence electrons. The Kier molecular flexibility index (Phi) is 6.45. The molecule has 1 fully saturated rings. The Bertz CT molecular complexity index is 737. The first-order valence-electron chi connectivity index (χ1n) is 9.58. The molecule has 1 heterocycles. The fraction of sp³-hybridized carbons (Fsp3) is 0.409. The quantitative estimate of drug-likeness (QED) is 0.843. The molecule has 3 rings (SSSR count). The van der Waals surface area contributed by atoms with E-state index in [2.05, 4.69) is 34.5 Å². The largest absolute Gasteiger partial charge is 0.372 e. The maximum atomic E-state index is 13.2. The van der Waals surface area contributed by atoms with Gasteiger partial charge < -0.3 is 10.2 Å². The number of nitrogens with one attached hydrogen (secondary N) is 1. The van der Waals surface area contributed by atoms with E-state index in [9.17, 15) is 9.18 Å². The molecule has 0 aliphatic carbocycles. The number of nitrogens with zero attached hydrogens (tertiary/aromatic N) is 2. The Morgan fingerprint density at radius 3 is 2.26 bits per heavy atom. The Balaban J connectivity index is 1.60. The lowest BCUT2D eigenvalue weighted by atomic mass is 10.0. The van der Waals surface area contributed by atoms with Crippen LogP contribution in [0.2, 0.25) is 0 Å². The molecule has 1 saturated heterocycles. The molecule has 0 spiro atoms. The third-order valence-corrected chi connectivity index (χ3v) is 5.07. The van der Waals surface area contributed by atoms with Crippen molar-refractivity contribution in [3.63, 3.8) is 0 Å². The fourth-order valence-electron chi connectivity index (χ4n) is 3.59. The first-order valence-corrected chi connectivity index (χ1v) is 9.58. The standard InChI is InChI=1S/C22H28FN3O/c1-25(2)21(18-8-10-19(23)11-9-18)22(27)24-16-17-6-12-20(13-7-17)26-14-4-3-5-15-26/h6-13,21H,3-5,14-16H2,1-2H3,(H,24,27)/t21-/m1/s1. The van der Waals surface area contributed by atoms with Gasteiger partial charge >= 0.3 is 0 Å². The van der Waals surface area contributed by atoms with Gasteiger partial charge in [0.1, 0.15) is 11.9 Å². The zero-order valence-corrected chi connectivity index (χ0v) is 16.1. The number of carbonyl (C=O) groups excluding carboxylic acids is 1. The highest BCUT2D eigenvalue weighted by atomic mass is 19.1. The minimum absolute atomic E-state index is 0.0910. The van der Waals surface area contributed by atoms with Gasteiger partial charge in [0.25, 0.3) is 0 Å². The first kappa shape index (κ1) is 19.4. The smallest absolute Gasteiger partial charge is 0.242 e. The normalized spacial score (nSPS) is 15.6. The van der Waals surface area contributed by atoms with Gasteiger partial charge in [-0.25, -0.2) is 4.39 Å². The van der Waals surface area contributed by atoms with E-state index >= 15 is 0 Å². The Hall–Kier alpha value is -2.40. The average Bonchev–Trinajstić information content (AvgIpc) is 2.69. The Morgan fingerprint density at radius 1 is 1.04 bits per heavy atom. The summed E-state index contributed by atoms with van der Waals surface area (Å²) in [4.78, 5) is 17.0. The number of hydrogen-bond donors (Lipinski definition) is 1. The molecule has 27 heavy (non-hydrogen) atoms. The second-order valence-electron chi connectivity index (χ2n) is 7.35. The summed E-state index contributed by atoms with van der Waals surface area (Å²) >= 11 is 0. The highest BCUT2D eigenvalue weighted by molar-refractivity contribution is 5.83. The summed E-state index contributed by atoms with van der Waals surface area (Å²) in [6.07, 6.45) is 3.84. The second-order valence-corrected chi connectivity index (χ2v) is 7.35. The molecular formula is C22H28FN3O. The number of anilines is 1. The highest BCUT2D eigenvalue weighted by Gasteiger charge is 2.22. The Morgan fingerprint density at radius 2 is 1.67 bits per heavy atom. The zero-order valence-electron chi connectivity index (χ0n) is 16.1. The van der Waals surface area contributed by atoms with Gasteiger partial charge in [0.15, 0.2) is 0 Å². The summed E-state index contributed by atoms with van der Waals surface area (Å²) in [6, 6.07) is 14.1. The summed E-state index contributed by atoms with van der Waals surface area (Å²) < 4.78 is 13.2. The molecule has 1 N–H and O–H groups in total. The molecule has 2 aromatic carbocycles. The molecule has 5 heteroatoms. The maximum Gasteiger partial charge on any atom is 0.242 e. The third kappa shape index (κ3) is 5.07. The summed E-state index contributed by atoms with van der Waals surface area (Å²) in [5.41, 5.74) is 3.10. The summed E-state index contributed by atoms with van der Waals surface area (Å²) in [7, 11) is 3.70. The second kappa shape index (κ2) is 9.00. The van der Waals surface area contributed by atoms with E-state index in [4.69, 9.17) is 0 Å². The van der Waals surface area contributed by atoms with E-state index in [1.807, 2.05) is 19.0 Å². The van der Waals surface area contributed by atoms with Crippen LogP contribution in [0.25, 0.3) is 0 Å². The number of carbonyl (C=O) groups is 1. The predicted octanol–water partition coefficient (Wildman–Crippen LogP) is 3.74. The molecule has 4 nitrogen and oxygen atoms in total. The first-order chi connectivity index (χ1) is 13.0. The van der Waals surface area contributed by atoms with Crippen molar-refractivity contribution >= 4 is 11.6 Å². The summed E-state index contributed by atoms with van der Waals surface area (Å²) in [5, 5.41) is 3.00. The minimum Gasteiger partial charge on any atom is -0.372 e. The monoisotopic (exact) mass is 369 g/mol. The maximum absolute atomic E-state index is 13.2. The SMILES string of the molecule is CN(C)[C@@H](C(=O)NCc1ccc(N2CCCCC2)cc1)c1ccc(F)cc1. The number of hydrogen-bond acceptors (Lipinski definition) is 3. The van der Waals surface area contributed by atoms with Crippen LogP contribution in [0.1, 0.15) is 36.4 Å². The van der Waals surface area contributed by atoms with Crippen LogP contribution < -0.4 is 10.2 Å². The molecule has 0 bridgehead atoms. The van der Waals surface area contributed by atoms with Crippen LogP contribution >= 0.6 is 0 Å². The average molecular weight is 369 g/mol. The highest BCUT2D eigenvalue weighted by Crippen LogP contribution is 2.21. The molecule has 0 aromatic heterocycles. The van der Waals surface area contributed by atoms with Crippen molar-refractivity contribution in [2.24, 2.45) is 0 Å². The molecule has 1 aliphatic heterocycles. The van der Waals surface area contributed by atoms with Crippen molar-refractivity contribution in [2.75, 3.05) is 32.1 Å². The van der Waals surface area contributed by atoms with E-state index in [-0.39, 0.29) is 11.7 Å². The van der Waals surface area contributed by atoms with Gasteiger partial charge in [-0.2, -0.15) is 0 Å². The predicted molar refractivity (Wildman–Crippen MR) is 107 cm³/mol. The van der Waals surface area contributed by atoms with E-state index in [0.29, 0.717) is 6.54 Å². The van der Waals surface area contributed by atoms with E-state index in [0.717, 1.165) is 24.2 Å². The van der Waals surface area contributed by atoms with Crippen molar-refractivity contribution in [1.29, 1.82) is 0 Å². The van der Waals surface area contributed by atoms with Crippen LogP contribution in [0.15, 0.2) is 48.5 Å². The number of likely N-dealkylation sites (N-methyl/N-ethyl adjacent to an activating group) is 1. The van der Waals surface area contributed by atoms with Crippen molar-refractivity contribution in [1.82, 2.24) is 10.2 Å². The number of benzene rings is 2. The van der Waals surface area contributed by atoms with Gasteiger partial charge in [-0.1, -0.05) is 24.3 Å². The molecule has 0 saturated carbocycles. The van der Waals surface area contributed by atoms with Crippen molar-refractivity contribution in [2.45, 2.75) is 31.8 Å². The fourth-order valence-corrected chi connectivity index (χ4v) is 3.59. The van der Waals surface area contributed by atoms with Gasteiger partial charge in [0.2, 0.25) is 5.91 Å². The lowest BCUT2D eigenvalue weighted by molar-refractivity contribution is -0.125. The van der Waals surface area contributed by atoms with Crippen molar-refractivity contribution < 1.29 is 9.18 Å². The lowest BCUT2D eigenvalue weighted by Crippen LogP contribution is -2.36. The van der Waals surface area contributed by atoms with Crippen LogP contribution in [-0.2, 0) is 11.3 Å².